The zero-order valence-electron chi connectivity index (χ0n) is 14.1. The van der Waals surface area contributed by atoms with Crippen LogP contribution in [-0.4, -0.2) is 47.2 Å². The number of halogens is 1. The second-order valence-corrected chi connectivity index (χ2v) is 7.65. The van der Waals surface area contributed by atoms with Gasteiger partial charge < -0.3 is 19.4 Å². The number of aromatic nitrogens is 2. The standard InChI is InChI=1S/C18H19ClN4O3/c19-15-3-2-14(25-15)16(24)22-8-11-12-9-23(17-20-6-1-7-21-17)10-18(12)5-4-13(11)26-18/h1-3,6-7,11-13H,4-5,8-10H2,(H,22,24)/t11-,12+,13+,18+/m0/s1. The molecule has 3 aliphatic heterocycles. The maximum absolute atomic E-state index is 12.3. The number of nitrogens with zero attached hydrogens (tertiary/aromatic N) is 3. The van der Waals surface area contributed by atoms with Crippen LogP contribution in [-0.2, 0) is 4.74 Å². The van der Waals surface area contributed by atoms with Gasteiger partial charge >= 0.3 is 0 Å². The second kappa shape index (κ2) is 5.96. The van der Waals surface area contributed by atoms with Gasteiger partial charge in [-0.15, -0.1) is 0 Å². The lowest BCUT2D eigenvalue weighted by atomic mass is 9.73. The zero-order valence-corrected chi connectivity index (χ0v) is 14.9. The molecule has 1 N–H and O–H groups in total. The molecule has 0 saturated carbocycles. The summed E-state index contributed by atoms with van der Waals surface area (Å²) in [7, 11) is 0. The monoisotopic (exact) mass is 374 g/mol. The highest BCUT2D eigenvalue weighted by Crippen LogP contribution is 2.54. The quantitative estimate of drug-likeness (QED) is 0.883. The van der Waals surface area contributed by atoms with Gasteiger partial charge in [0.1, 0.15) is 0 Å². The van der Waals surface area contributed by atoms with E-state index in [4.69, 9.17) is 20.8 Å². The van der Waals surface area contributed by atoms with Crippen LogP contribution in [0.5, 0.6) is 0 Å². The number of ether oxygens (including phenoxy) is 1. The fourth-order valence-corrected chi connectivity index (χ4v) is 4.95. The Hall–Kier alpha value is -2.12. The number of hydrogen-bond donors (Lipinski definition) is 1. The summed E-state index contributed by atoms with van der Waals surface area (Å²) >= 11 is 5.75. The Morgan fingerprint density at radius 2 is 2.23 bits per heavy atom. The molecule has 7 nitrogen and oxygen atoms in total. The number of carbonyl (C=O) groups is 1. The van der Waals surface area contributed by atoms with E-state index >= 15 is 0 Å². The van der Waals surface area contributed by atoms with E-state index < -0.39 is 0 Å². The second-order valence-electron chi connectivity index (χ2n) is 7.27. The number of furan rings is 1. The van der Waals surface area contributed by atoms with E-state index in [2.05, 4.69) is 20.2 Å². The number of carbonyl (C=O) groups excluding carboxylic acids is 1. The van der Waals surface area contributed by atoms with Gasteiger partial charge in [-0.3, -0.25) is 4.79 Å². The summed E-state index contributed by atoms with van der Waals surface area (Å²) < 4.78 is 11.6. The summed E-state index contributed by atoms with van der Waals surface area (Å²) in [5.41, 5.74) is -0.132. The van der Waals surface area contributed by atoms with Gasteiger partial charge in [0.05, 0.1) is 18.2 Å². The third kappa shape index (κ3) is 2.49. The molecule has 3 fully saturated rings. The Labute approximate surface area is 155 Å². The highest BCUT2D eigenvalue weighted by molar-refractivity contribution is 6.29. The Kier molecular flexibility index (Phi) is 3.68. The van der Waals surface area contributed by atoms with Crippen molar-refractivity contribution in [3.05, 3.63) is 41.6 Å². The first-order chi connectivity index (χ1) is 12.6. The van der Waals surface area contributed by atoms with Crippen molar-refractivity contribution in [2.75, 3.05) is 24.5 Å². The molecule has 0 aliphatic carbocycles. The van der Waals surface area contributed by atoms with Crippen LogP contribution in [0.15, 0.2) is 35.0 Å². The summed E-state index contributed by atoms with van der Waals surface area (Å²) in [5, 5.41) is 3.20. The van der Waals surface area contributed by atoms with Crippen LogP contribution in [0.2, 0.25) is 5.22 Å². The van der Waals surface area contributed by atoms with Gasteiger partial charge in [-0.25, -0.2) is 9.97 Å². The van der Waals surface area contributed by atoms with Gasteiger partial charge in [0.15, 0.2) is 11.0 Å². The Bertz CT molecular complexity index is 829. The van der Waals surface area contributed by atoms with Crippen molar-refractivity contribution in [3.63, 3.8) is 0 Å². The summed E-state index contributed by atoms with van der Waals surface area (Å²) in [6, 6.07) is 4.97. The summed E-state index contributed by atoms with van der Waals surface area (Å²) in [6.07, 6.45) is 5.83. The predicted molar refractivity (Wildman–Crippen MR) is 94.1 cm³/mol. The molecule has 5 rings (SSSR count). The topological polar surface area (TPSA) is 80.5 Å². The molecular weight excluding hydrogens is 356 g/mol. The Balaban J connectivity index is 1.29. The summed E-state index contributed by atoms with van der Waals surface area (Å²) in [4.78, 5) is 23.2. The maximum Gasteiger partial charge on any atom is 0.287 e. The number of hydrogen-bond acceptors (Lipinski definition) is 6. The van der Waals surface area contributed by atoms with Crippen molar-refractivity contribution in [2.24, 2.45) is 11.8 Å². The SMILES string of the molecule is O=C(NC[C@H]1[C@H]2CN(c3ncccn3)C[C@]23CC[C@H]1O3)c1ccc(Cl)o1. The lowest BCUT2D eigenvalue weighted by Gasteiger charge is -2.29. The molecule has 2 aromatic heterocycles. The molecule has 4 atom stereocenters. The maximum atomic E-state index is 12.3. The molecule has 8 heteroatoms. The number of rotatable bonds is 4. The minimum absolute atomic E-state index is 0.132. The lowest BCUT2D eigenvalue weighted by molar-refractivity contribution is 0.0141. The largest absolute Gasteiger partial charge is 0.440 e. The first kappa shape index (κ1) is 16.1. The molecule has 3 aliphatic rings. The van der Waals surface area contributed by atoms with Crippen LogP contribution < -0.4 is 10.2 Å². The fourth-order valence-electron chi connectivity index (χ4n) is 4.80. The van der Waals surface area contributed by atoms with Gasteiger partial charge in [0.2, 0.25) is 5.95 Å². The molecule has 0 unspecified atom stereocenters. The van der Waals surface area contributed by atoms with E-state index in [1.807, 2.05) is 6.07 Å². The van der Waals surface area contributed by atoms with Crippen LogP contribution in [0, 0.1) is 11.8 Å². The number of fused-ring (bicyclic) bond motifs is 1. The average Bonchev–Trinajstić information content (AvgIpc) is 3.40. The zero-order chi connectivity index (χ0) is 17.7. The van der Waals surface area contributed by atoms with Gasteiger partial charge in [-0.1, -0.05) is 0 Å². The summed E-state index contributed by atoms with van der Waals surface area (Å²) in [6.45, 7) is 2.24. The Morgan fingerprint density at radius 3 is 3.00 bits per heavy atom. The number of nitrogens with one attached hydrogen (secondary N) is 1. The van der Waals surface area contributed by atoms with Crippen LogP contribution >= 0.6 is 11.6 Å². The molecule has 1 spiro atoms. The van der Waals surface area contributed by atoms with E-state index in [0.717, 1.165) is 31.9 Å². The molecule has 136 valence electrons. The molecule has 26 heavy (non-hydrogen) atoms. The van der Waals surface area contributed by atoms with E-state index in [1.54, 1.807) is 24.5 Å². The van der Waals surface area contributed by atoms with Gasteiger partial charge in [0.25, 0.3) is 5.91 Å². The number of amides is 1. The average molecular weight is 375 g/mol. The molecule has 2 bridgehead atoms. The van der Waals surface area contributed by atoms with E-state index in [-0.39, 0.29) is 34.5 Å². The predicted octanol–water partition coefficient (Wildman–Crippen LogP) is 2.14. The third-order valence-corrected chi connectivity index (χ3v) is 6.12. The lowest BCUT2D eigenvalue weighted by Crippen LogP contribution is -2.41. The van der Waals surface area contributed by atoms with Crippen LogP contribution in [0.4, 0.5) is 5.95 Å². The smallest absolute Gasteiger partial charge is 0.287 e. The van der Waals surface area contributed by atoms with Gasteiger partial charge in [0, 0.05) is 37.3 Å². The normalized spacial score (nSPS) is 32.0. The van der Waals surface area contributed by atoms with Crippen LogP contribution in [0.25, 0.3) is 0 Å². The van der Waals surface area contributed by atoms with Crippen molar-refractivity contribution < 1.29 is 13.9 Å². The van der Waals surface area contributed by atoms with Crippen molar-refractivity contribution in [1.82, 2.24) is 15.3 Å². The first-order valence-corrected chi connectivity index (χ1v) is 9.26. The van der Waals surface area contributed by atoms with E-state index in [0.29, 0.717) is 12.5 Å². The van der Waals surface area contributed by atoms with E-state index in [1.165, 1.54) is 0 Å². The molecule has 0 radical (unpaired) electrons. The highest BCUT2D eigenvalue weighted by Gasteiger charge is 2.63. The third-order valence-electron chi connectivity index (χ3n) is 5.91. The molecule has 1 amide bonds. The van der Waals surface area contributed by atoms with Crippen LogP contribution in [0.1, 0.15) is 23.4 Å². The molecule has 3 saturated heterocycles. The first-order valence-electron chi connectivity index (χ1n) is 8.88. The fraction of sp³-hybridized carbons (Fsp3) is 0.500. The van der Waals surface area contributed by atoms with Gasteiger partial charge in [-0.2, -0.15) is 0 Å². The highest BCUT2D eigenvalue weighted by atomic mass is 35.5. The number of anilines is 1. The van der Waals surface area contributed by atoms with Crippen molar-refractivity contribution in [2.45, 2.75) is 24.5 Å². The van der Waals surface area contributed by atoms with Crippen molar-refractivity contribution >= 4 is 23.5 Å². The van der Waals surface area contributed by atoms with E-state index in [9.17, 15) is 4.79 Å². The molecular formula is C18H19ClN4O3. The molecule has 5 heterocycles. The van der Waals surface area contributed by atoms with Gasteiger partial charge in [-0.05, 0) is 42.6 Å². The van der Waals surface area contributed by atoms with Crippen molar-refractivity contribution in [3.8, 4) is 0 Å². The van der Waals surface area contributed by atoms with Crippen molar-refractivity contribution in [1.29, 1.82) is 0 Å². The summed E-state index contributed by atoms with van der Waals surface area (Å²) in [5.74, 6) is 1.39. The molecule has 2 aromatic rings. The molecule has 0 aromatic carbocycles. The Morgan fingerprint density at radius 1 is 1.38 bits per heavy atom. The van der Waals surface area contributed by atoms with Crippen LogP contribution in [0.3, 0.4) is 0 Å². The minimum atomic E-state index is -0.241. The minimum Gasteiger partial charge on any atom is -0.440 e.